The summed E-state index contributed by atoms with van der Waals surface area (Å²) >= 11 is 1.67. The van der Waals surface area contributed by atoms with Gasteiger partial charge in [-0.05, 0) is 31.0 Å². The summed E-state index contributed by atoms with van der Waals surface area (Å²) in [5, 5.41) is 3.12. The number of benzene rings is 1. The van der Waals surface area contributed by atoms with Crippen LogP contribution in [0.2, 0.25) is 0 Å². The smallest absolute Gasteiger partial charge is 0.254 e. The van der Waals surface area contributed by atoms with Crippen LogP contribution in [0.15, 0.2) is 29.8 Å². The number of hydrogen-bond acceptors (Lipinski definition) is 5. The molecule has 1 unspecified atom stereocenters. The van der Waals surface area contributed by atoms with E-state index in [2.05, 4.69) is 4.98 Å². The van der Waals surface area contributed by atoms with Gasteiger partial charge in [-0.25, -0.2) is 4.98 Å². The Balaban J connectivity index is 1.52. The third-order valence-corrected chi connectivity index (χ3v) is 5.07. The number of nitrogens with zero attached hydrogens (tertiary/aromatic N) is 2. The zero-order chi connectivity index (χ0) is 14.9. The molecular weight excluding hydrogens is 300 g/mol. The second-order valence-electron chi connectivity index (χ2n) is 5.53. The predicted octanol–water partition coefficient (Wildman–Crippen LogP) is 2.89. The summed E-state index contributed by atoms with van der Waals surface area (Å²) in [7, 11) is 0. The van der Waals surface area contributed by atoms with E-state index in [1.165, 1.54) is 0 Å². The van der Waals surface area contributed by atoms with Crippen LogP contribution < -0.4 is 9.47 Å². The van der Waals surface area contributed by atoms with Gasteiger partial charge in [-0.2, -0.15) is 0 Å². The maximum atomic E-state index is 12.7. The second kappa shape index (κ2) is 5.61. The maximum absolute atomic E-state index is 12.7. The number of hydrogen-bond donors (Lipinski definition) is 0. The van der Waals surface area contributed by atoms with Crippen LogP contribution >= 0.6 is 11.3 Å². The molecule has 1 fully saturated rings. The number of ether oxygens (including phenoxy) is 2. The molecule has 1 atom stereocenters. The third kappa shape index (κ3) is 2.43. The van der Waals surface area contributed by atoms with Crippen LogP contribution in [0.3, 0.4) is 0 Å². The molecule has 2 aliphatic rings. The van der Waals surface area contributed by atoms with Gasteiger partial charge in [-0.15, -0.1) is 11.3 Å². The third-order valence-electron chi connectivity index (χ3n) is 4.13. The van der Waals surface area contributed by atoms with Gasteiger partial charge in [0.2, 0.25) is 6.79 Å². The van der Waals surface area contributed by atoms with Gasteiger partial charge >= 0.3 is 0 Å². The van der Waals surface area contributed by atoms with E-state index in [9.17, 15) is 4.79 Å². The van der Waals surface area contributed by atoms with Crippen LogP contribution in [-0.2, 0) is 0 Å². The first-order chi connectivity index (χ1) is 10.8. The normalized spacial score (nSPS) is 20.2. The van der Waals surface area contributed by atoms with E-state index in [1.807, 2.05) is 22.5 Å². The molecule has 22 heavy (non-hydrogen) atoms. The quantitative estimate of drug-likeness (QED) is 0.855. The molecule has 114 valence electrons. The standard InChI is InChI=1S/C16H16N2O3S/c19-16(11-3-4-13-14(8-11)21-10-20-13)18-6-1-2-12(9-18)15-17-5-7-22-15/h3-5,7-8,12H,1-2,6,9-10H2. The number of rotatable bonds is 2. The van der Waals surface area contributed by atoms with Crippen molar-refractivity contribution in [3.05, 3.63) is 40.3 Å². The Morgan fingerprint density at radius 2 is 2.23 bits per heavy atom. The SMILES string of the molecule is O=C(c1ccc2c(c1)OCO2)N1CCCC(c2nccs2)C1. The summed E-state index contributed by atoms with van der Waals surface area (Å²) in [6.45, 7) is 1.76. The topological polar surface area (TPSA) is 51.7 Å². The van der Waals surface area contributed by atoms with Crippen LogP contribution in [0.1, 0.15) is 34.1 Å². The van der Waals surface area contributed by atoms with Gasteiger partial charge in [0, 0.05) is 36.1 Å². The summed E-state index contributed by atoms with van der Waals surface area (Å²) in [6.07, 6.45) is 3.94. The molecule has 2 aromatic rings. The van der Waals surface area contributed by atoms with Gasteiger partial charge in [-0.1, -0.05) is 0 Å². The molecule has 0 spiro atoms. The number of carbonyl (C=O) groups excluding carboxylic acids is 1. The Morgan fingerprint density at radius 3 is 3.09 bits per heavy atom. The number of thiazole rings is 1. The molecule has 0 aliphatic carbocycles. The van der Waals surface area contributed by atoms with E-state index in [0.29, 0.717) is 23.0 Å². The van der Waals surface area contributed by atoms with E-state index in [0.717, 1.165) is 30.9 Å². The molecule has 5 nitrogen and oxygen atoms in total. The van der Waals surface area contributed by atoms with Crippen LogP contribution in [-0.4, -0.2) is 35.7 Å². The first-order valence-corrected chi connectivity index (χ1v) is 8.27. The van der Waals surface area contributed by atoms with Crippen molar-refractivity contribution in [1.82, 2.24) is 9.88 Å². The molecule has 0 radical (unpaired) electrons. The number of likely N-dealkylation sites (tertiary alicyclic amines) is 1. The lowest BCUT2D eigenvalue weighted by atomic mass is 9.98. The Kier molecular flexibility index (Phi) is 3.46. The molecule has 0 bridgehead atoms. The number of amides is 1. The first-order valence-electron chi connectivity index (χ1n) is 7.39. The summed E-state index contributed by atoms with van der Waals surface area (Å²) in [6, 6.07) is 5.39. The fourth-order valence-electron chi connectivity index (χ4n) is 3.01. The lowest BCUT2D eigenvalue weighted by molar-refractivity contribution is 0.0706. The van der Waals surface area contributed by atoms with Crippen molar-refractivity contribution in [2.75, 3.05) is 19.9 Å². The number of carbonyl (C=O) groups is 1. The average molecular weight is 316 g/mol. The monoisotopic (exact) mass is 316 g/mol. The number of aromatic nitrogens is 1. The summed E-state index contributed by atoms with van der Waals surface area (Å²) in [5.41, 5.74) is 0.657. The van der Waals surface area contributed by atoms with E-state index < -0.39 is 0 Å². The van der Waals surface area contributed by atoms with Crippen molar-refractivity contribution >= 4 is 17.2 Å². The van der Waals surface area contributed by atoms with Crippen LogP contribution in [0.5, 0.6) is 11.5 Å². The van der Waals surface area contributed by atoms with Gasteiger partial charge in [0.25, 0.3) is 5.91 Å². The second-order valence-corrected chi connectivity index (χ2v) is 6.45. The number of fused-ring (bicyclic) bond motifs is 1. The molecule has 0 saturated carbocycles. The van der Waals surface area contributed by atoms with E-state index in [1.54, 1.807) is 23.5 Å². The molecule has 1 aromatic carbocycles. The molecule has 1 amide bonds. The van der Waals surface area contributed by atoms with Gasteiger partial charge in [0.1, 0.15) is 0 Å². The Morgan fingerprint density at radius 1 is 1.32 bits per heavy atom. The van der Waals surface area contributed by atoms with Crippen molar-refractivity contribution in [3.8, 4) is 11.5 Å². The summed E-state index contributed by atoms with van der Waals surface area (Å²) in [5.74, 6) is 1.77. The van der Waals surface area contributed by atoms with Gasteiger partial charge < -0.3 is 14.4 Å². The Labute approximate surface area is 132 Å². The van der Waals surface area contributed by atoms with Crippen molar-refractivity contribution in [2.45, 2.75) is 18.8 Å². The molecule has 6 heteroatoms. The molecule has 1 aromatic heterocycles. The predicted molar refractivity (Wildman–Crippen MR) is 82.6 cm³/mol. The molecule has 3 heterocycles. The van der Waals surface area contributed by atoms with Crippen molar-refractivity contribution in [3.63, 3.8) is 0 Å². The lowest BCUT2D eigenvalue weighted by Crippen LogP contribution is -2.39. The van der Waals surface area contributed by atoms with Crippen molar-refractivity contribution < 1.29 is 14.3 Å². The fraction of sp³-hybridized carbons (Fsp3) is 0.375. The van der Waals surface area contributed by atoms with Crippen LogP contribution in [0.25, 0.3) is 0 Å². The molecule has 1 saturated heterocycles. The minimum atomic E-state index is 0.0551. The minimum Gasteiger partial charge on any atom is -0.454 e. The zero-order valence-electron chi connectivity index (χ0n) is 12.0. The first kappa shape index (κ1) is 13.6. The van der Waals surface area contributed by atoms with Crippen molar-refractivity contribution in [2.24, 2.45) is 0 Å². The highest BCUT2D eigenvalue weighted by Crippen LogP contribution is 2.34. The maximum Gasteiger partial charge on any atom is 0.254 e. The van der Waals surface area contributed by atoms with E-state index >= 15 is 0 Å². The highest BCUT2D eigenvalue weighted by molar-refractivity contribution is 7.09. The number of piperidine rings is 1. The Bertz CT molecular complexity index is 687. The van der Waals surface area contributed by atoms with Gasteiger partial charge in [-0.3, -0.25) is 4.79 Å². The molecule has 2 aliphatic heterocycles. The lowest BCUT2D eigenvalue weighted by Gasteiger charge is -2.32. The van der Waals surface area contributed by atoms with Gasteiger partial charge in [0.05, 0.1) is 5.01 Å². The van der Waals surface area contributed by atoms with E-state index in [4.69, 9.17) is 9.47 Å². The summed E-state index contributed by atoms with van der Waals surface area (Å²) < 4.78 is 10.6. The summed E-state index contributed by atoms with van der Waals surface area (Å²) in [4.78, 5) is 19.0. The van der Waals surface area contributed by atoms with Gasteiger partial charge in [0.15, 0.2) is 11.5 Å². The zero-order valence-corrected chi connectivity index (χ0v) is 12.8. The van der Waals surface area contributed by atoms with Crippen LogP contribution in [0, 0.1) is 0 Å². The highest BCUT2D eigenvalue weighted by atomic mass is 32.1. The highest BCUT2D eigenvalue weighted by Gasteiger charge is 2.27. The fourth-order valence-corrected chi connectivity index (χ4v) is 3.78. The molecule has 0 N–H and O–H groups in total. The minimum absolute atomic E-state index is 0.0551. The molecule has 4 rings (SSSR count). The van der Waals surface area contributed by atoms with E-state index in [-0.39, 0.29) is 12.7 Å². The van der Waals surface area contributed by atoms with Crippen molar-refractivity contribution in [1.29, 1.82) is 0 Å². The van der Waals surface area contributed by atoms with Crippen LogP contribution in [0.4, 0.5) is 0 Å². The largest absolute Gasteiger partial charge is 0.454 e. The average Bonchev–Trinajstić information content (AvgIpc) is 3.25. The molecular formula is C16H16N2O3S. The Hall–Kier alpha value is -2.08.